The zero-order valence-electron chi connectivity index (χ0n) is 11.1. The van der Waals surface area contributed by atoms with Gasteiger partial charge < -0.3 is 24.1 Å². The zero-order chi connectivity index (χ0) is 15.6. The molecule has 0 aliphatic carbocycles. The van der Waals surface area contributed by atoms with Crippen LogP contribution in [0.25, 0.3) is 11.5 Å². The van der Waals surface area contributed by atoms with Gasteiger partial charge in [0.2, 0.25) is 17.3 Å². The molecule has 0 fully saturated rings. The number of rotatable bonds is 5. The van der Waals surface area contributed by atoms with Crippen LogP contribution in [-0.4, -0.2) is 41.4 Å². The summed E-state index contributed by atoms with van der Waals surface area (Å²) < 4.78 is 15.3. The molecule has 0 bridgehead atoms. The molecule has 0 radical (unpaired) electrons. The average molecular weight is 293 g/mol. The van der Waals surface area contributed by atoms with Gasteiger partial charge in [-0.3, -0.25) is 0 Å². The lowest BCUT2D eigenvalue weighted by atomic mass is 10.1. The number of ether oxygens (including phenoxy) is 2. The second-order valence-corrected chi connectivity index (χ2v) is 3.84. The number of benzene rings is 1. The van der Waals surface area contributed by atoms with Gasteiger partial charge in [0.1, 0.15) is 17.1 Å². The van der Waals surface area contributed by atoms with Gasteiger partial charge in [-0.2, -0.15) is 0 Å². The molecule has 2 rings (SSSR count). The Morgan fingerprint density at radius 1 is 1.10 bits per heavy atom. The van der Waals surface area contributed by atoms with E-state index in [4.69, 9.17) is 24.1 Å². The van der Waals surface area contributed by atoms with Crippen molar-refractivity contribution in [3.8, 4) is 23.0 Å². The van der Waals surface area contributed by atoms with Crippen LogP contribution in [-0.2, 0) is 0 Å². The highest BCUT2D eigenvalue weighted by Gasteiger charge is 2.28. The van der Waals surface area contributed by atoms with E-state index in [9.17, 15) is 9.59 Å². The topological polar surface area (TPSA) is 119 Å². The molecule has 0 atom stereocenters. The van der Waals surface area contributed by atoms with Crippen molar-refractivity contribution in [2.75, 3.05) is 14.2 Å². The van der Waals surface area contributed by atoms with Gasteiger partial charge in [0.05, 0.1) is 14.2 Å². The Morgan fingerprint density at radius 2 is 1.67 bits per heavy atom. The Hall–Kier alpha value is -3.03. The quantitative estimate of drug-likeness (QED) is 0.855. The van der Waals surface area contributed by atoms with E-state index < -0.39 is 23.4 Å². The third-order valence-electron chi connectivity index (χ3n) is 2.67. The van der Waals surface area contributed by atoms with E-state index in [0.717, 1.165) is 0 Å². The fourth-order valence-electron chi connectivity index (χ4n) is 1.78. The first-order valence-electron chi connectivity index (χ1n) is 5.68. The summed E-state index contributed by atoms with van der Waals surface area (Å²) in [5.41, 5.74) is -0.456. The molecule has 1 aromatic carbocycles. The number of carboxylic acids is 2. The number of hydrogen-bond donors (Lipinski definition) is 2. The predicted octanol–water partition coefficient (Wildman–Crippen LogP) is 1.76. The minimum Gasteiger partial charge on any atom is -0.496 e. The van der Waals surface area contributed by atoms with Gasteiger partial charge in [0, 0.05) is 0 Å². The van der Waals surface area contributed by atoms with Crippen molar-refractivity contribution in [1.82, 2.24) is 4.98 Å². The molecular formula is C13H11NO7. The Labute approximate surface area is 118 Å². The monoisotopic (exact) mass is 293 g/mol. The van der Waals surface area contributed by atoms with Crippen LogP contribution in [0.15, 0.2) is 22.6 Å². The molecule has 1 heterocycles. The molecule has 0 amide bonds. The SMILES string of the molecule is COc1cccc(OC)c1-c1nc(C(=O)O)c(C(=O)O)o1. The minimum atomic E-state index is -1.53. The Kier molecular flexibility index (Phi) is 3.79. The molecule has 21 heavy (non-hydrogen) atoms. The maximum absolute atomic E-state index is 11.0. The van der Waals surface area contributed by atoms with Gasteiger partial charge in [0.15, 0.2) is 0 Å². The highest BCUT2D eigenvalue weighted by atomic mass is 16.5. The number of nitrogens with zero attached hydrogens (tertiary/aromatic N) is 1. The Bertz CT molecular complexity index is 651. The summed E-state index contributed by atoms with van der Waals surface area (Å²) in [6.45, 7) is 0. The number of carboxylic acid groups (broad SMARTS) is 2. The first-order valence-corrected chi connectivity index (χ1v) is 5.68. The van der Waals surface area contributed by atoms with Crippen LogP contribution < -0.4 is 9.47 Å². The van der Waals surface area contributed by atoms with Crippen LogP contribution in [0.3, 0.4) is 0 Å². The second kappa shape index (κ2) is 5.53. The fourth-order valence-corrected chi connectivity index (χ4v) is 1.78. The number of carbonyl (C=O) groups is 2. The second-order valence-electron chi connectivity index (χ2n) is 3.84. The minimum absolute atomic E-state index is 0.209. The van der Waals surface area contributed by atoms with E-state index in [-0.39, 0.29) is 11.5 Å². The average Bonchev–Trinajstić information content (AvgIpc) is 2.91. The van der Waals surface area contributed by atoms with Crippen molar-refractivity contribution < 1.29 is 33.7 Å². The summed E-state index contributed by atoms with van der Waals surface area (Å²) in [4.78, 5) is 25.8. The van der Waals surface area contributed by atoms with Crippen LogP contribution in [0.2, 0.25) is 0 Å². The first kappa shape index (κ1) is 14.4. The standard InChI is InChI=1S/C13H11NO7/c1-19-6-4-3-5-7(20-2)8(6)11-14-9(12(15)16)10(21-11)13(17)18/h3-5H,1-2H3,(H,15,16)(H,17,18). The molecule has 0 aliphatic heterocycles. The van der Waals surface area contributed by atoms with E-state index in [1.807, 2.05) is 0 Å². The number of aromatic nitrogens is 1. The van der Waals surface area contributed by atoms with Crippen LogP contribution in [0, 0.1) is 0 Å². The first-order chi connectivity index (χ1) is 9.99. The Morgan fingerprint density at radius 3 is 2.05 bits per heavy atom. The lowest BCUT2D eigenvalue weighted by Crippen LogP contribution is -2.05. The Balaban J connectivity index is 2.70. The predicted molar refractivity (Wildman–Crippen MR) is 69.0 cm³/mol. The van der Waals surface area contributed by atoms with Gasteiger partial charge in [-0.15, -0.1) is 0 Å². The molecule has 0 saturated heterocycles. The summed E-state index contributed by atoms with van der Waals surface area (Å²) in [6, 6.07) is 4.83. The number of hydrogen-bond acceptors (Lipinski definition) is 6. The molecule has 8 nitrogen and oxygen atoms in total. The van der Waals surface area contributed by atoms with Crippen LogP contribution in [0.4, 0.5) is 0 Å². The van der Waals surface area contributed by atoms with E-state index in [0.29, 0.717) is 11.5 Å². The van der Waals surface area contributed by atoms with Crippen LogP contribution in [0.1, 0.15) is 21.0 Å². The van der Waals surface area contributed by atoms with Crippen molar-refractivity contribution in [3.63, 3.8) is 0 Å². The molecule has 1 aromatic heterocycles. The van der Waals surface area contributed by atoms with Gasteiger partial charge in [-0.1, -0.05) is 6.07 Å². The molecule has 0 unspecified atom stereocenters. The number of oxazole rings is 1. The van der Waals surface area contributed by atoms with Gasteiger partial charge in [-0.05, 0) is 12.1 Å². The fraction of sp³-hybridized carbons (Fsp3) is 0.154. The third kappa shape index (κ3) is 2.50. The van der Waals surface area contributed by atoms with E-state index in [2.05, 4.69) is 4.98 Å². The lowest BCUT2D eigenvalue weighted by Gasteiger charge is -2.09. The zero-order valence-corrected chi connectivity index (χ0v) is 11.1. The molecule has 2 aromatic rings. The number of aromatic carboxylic acids is 2. The lowest BCUT2D eigenvalue weighted by molar-refractivity contribution is 0.0624. The van der Waals surface area contributed by atoms with E-state index in [1.165, 1.54) is 14.2 Å². The summed E-state index contributed by atoms with van der Waals surface area (Å²) in [5.74, 6) is -3.38. The summed E-state index contributed by atoms with van der Waals surface area (Å²) in [6.07, 6.45) is 0. The molecule has 110 valence electrons. The van der Waals surface area contributed by atoms with Gasteiger partial charge in [-0.25, -0.2) is 14.6 Å². The van der Waals surface area contributed by atoms with Crippen molar-refractivity contribution in [2.24, 2.45) is 0 Å². The molecule has 0 spiro atoms. The highest BCUT2D eigenvalue weighted by Crippen LogP contribution is 2.38. The number of methoxy groups -OCH3 is 2. The summed E-state index contributed by atoms with van der Waals surface area (Å²) in [7, 11) is 2.80. The highest BCUT2D eigenvalue weighted by molar-refractivity contribution is 5.98. The van der Waals surface area contributed by atoms with Crippen molar-refractivity contribution in [2.45, 2.75) is 0 Å². The van der Waals surface area contributed by atoms with Crippen molar-refractivity contribution >= 4 is 11.9 Å². The molecular weight excluding hydrogens is 282 g/mol. The molecule has 0 saturated carbocycles. The maximum Gasteiger partial charge on any atom is 0.374 e. The van der Waals surface area contributed by atoms with E-state index >= 15 is 0 Å². The largest absolute Gasteiger partial charge is 0.496 e. The van der Waals surface area contributed by atoms with Gasteiger partial charge >= 0.3 is 11.9 Å². The van der Waals surface area contributed by atoms with Crippen LogP contribution >= 0.6 is 0 Å². The summed E-state index contributed by atoms with van der Waals surface area (Å²) >= 11 is 0. The molecule has 8 heteroatoms. The van der Waals surface area contributed by atoms with Crippen LogP contribution in [0.5, 0.6) is 11.5 Å². The van der Waals surface area contributed by atoms with Crippen molar-refractivity contribution in [3.05, 3.63) is 29.7 Å². The normalized spacial score (nSPS) is 10.2. The molecule has 0 aliphatic rings. The molecule has 2 N–H and O–H groups in total. The van der Waals surface area contributed by atoms with Gasteiger partial charge in [0.25, 0.3) is 0 Å². The van der Waals surface area contributed by atoms with E-state index in [1.54, 1.807) is 18.2 Å². The smallest absolute Gasteiger partial charge is 0.374 e. The third-order valence-corrected chi connectivity index (χ3v) is 2.67. The van der Waals surface area contributed by atoms with Crippen molar-refractivity contribution in [1.29, 1.82) is 0 Å². The summed E-state index contributed by atoms with van der Waals surface area (Å²) in [5, 5.41) is 17.9. The maximum atomic E-state index is 11.0.